The number of ether oxygens (including phenoxy) is 3. The Bertz CT molecular complexity index is 598. The van der Waals surface area contributed by atoms with Gasteiger partial charge in [0.2, 0.25) is 0 Å². The fraction of sp³-hybridized carbons (Fsp3) is 0.250. The molecular weight excluding hydrogens is 283 g/mol. The van der Waals surface area contributed by atoms with Crippen LogP contribution in [0.5, 0.6) is 5.75 Å². The third-order valence-electron chi connectivity index (χ3n) is 3.29. The Labute approximate surface area is 141 Å². The van der Waals surface area contributed by atoms with Crippen LogP contribution < -0.4 is 23.6 Å². The summed E-state index contributed by atoms with van der Waals surface area (Å²) in [6.45, 7) is 1.08. The topological polar surface area (TPSA) is 27.7 Å². The molecule has 5 heteroatoms. The summed E-state index contributed by atoms with van der Waals surface area (Å²) in [7, 11) is 1.56. The van der Waals surface area contributed by atoms with E-state index in [2.05, 4.69) is 6.07 Å². The Morgan fingerprint density at radius 3 is 2.38 bits per heavy atom. The zero-order chi connectivity index (χ0) is 14.0. The third-order valence-corrected chi connectivity index (χ3v) is 3.57. The van der Waals surface area contributed by atoms with Gasteiger partial charge in [0, 0.05) is 11.3 Å². The van der Waals surface area contributed by atoms with Crippen LogP contribution in [0.2, 0.25) is 5.02 Å². The first kappa shape index (κ1) is 16.4. The summed E-state index contributed by atoms with van der Waals surface area (Å²) in [5.41, 5.74) is 1.75. The summed E-state index contributed by atoms with van der Waals surface area (Å²) in [6.07, 6.45) is 0. The predicted molar refractivity (Wildman–Crippen MR) is 76.0 cm³/mol. The molecule has 3 nitrogen and oxygen atoms in total. The Balaban J connectivity index is 0.00000161. The average molecular weight is 297 g/mol. The standard InChI is InChI=1S/C16H14ClO3.Li/c1-18-15-8-7-13(11-14(15)17)16(19-9-10-20-16)12-5-3-2-4-6-12;/h2-7,11H,9-10H2,1H3;/q-1;+1. The summed E-state index contributed by atoms with van der Waals surface area (Å²) in [5, 5.41) is 0.486. The molecule has 1 fully saturated rings. The van der Waals surface area contributed by atoms with Crippen molar-refractivity contribution in [3.05, 3.63) is 64.7 Å². The van der Waals surface area contributed by atoms with Crippen LogP contribution in [-0.4, -0.2) is 20.3 Å². The minimum Gasteiger partial charge on any atom is -0.521 e. The maximum atomic E-state index is 6.19. The van der Waals surface area contributed by atoms with Gasteiger partial charge >= 0.3 is 18.9 Å². The predicted octanol–water partition coefficient (Wildman–Crippen LogP) is 0.401. The molecule has 0 aromatic heterocycles. The van der Waals surface area contributed by atoms with Crippen molar-refractivity contribution in [2.75, 3.05) is 20.3 Å². The first-order valence-corrected chi connectivity index (χ1v) is 6.73. The zero-order valence-electron chi connectivity index (χ0n) is 12.1. The SMILES string of the molecule is COc1[c-]cc(C2(c3ccccc3)OCCO2)cc1Cl.[Li+]. The second kappa shape index (κ2) is 6.87. The van der Waals surface area contributed by atoms with Gasteiger partial charge in [-0.3, -0.25) is 0 Å². The molecular formula is C16H14ClLiO3. The van der Waals surface area contributed by atoms with Crippen LogP contribution in [0.25, 0.3) is 0 Å². The van der Waals surface area contributed by atoms with E-state index in [0.717, 1.165) is 11.1 Å². The molecule has 0 unspecified atom stereocenters. The van der Waals surface area contributed by atoms with Crippen molar-refractivity contribution in [1.82, 2.24) is 0 Å². The first-order chi connectivity index (χ1) is 9.76. The number of halogens is 1. The van der Waals surface area contributed by atoms with Crippen molar-refractivity contribution < 1.29 is 33.1 Å². The van der Waals surface area contributed by atoms with Crippen LogP contribution in [-0.2, 0) is 15.3 Å². The van der Waals surface area contributed by atoms with E-state index in [-0.39, 0.29) is 18.9 Å². The van der Waals surface area contributed by atoms with Crippen LogP contribution in [0.3, 0.4) is 0 Å². The molecule has 0 bridgehead atoms. The monoisotopic (exact) mass is 296 g/mol. The Morgan fingerprint density at radius 2 is 1.81 bits per heavy atom. The van der Waals surface area contributed by atoms with Gasteiger partial charge < -0.3 is 14.2 Å². The van der Waals surface area contributed by atoms with Gasteiger partial charge in [0.1, 0.15) is 0 Å². The van der Waals surface area contributed by atoms with E-state index in [4.69, 9.17) is 25.8 Å². The Morgan fingerprint density at radius 1 is 1.14 bits per heavy atom. The van der Waals surface area contributed by atoms with E-state index in [1.54, 1.807) is 19.2 Å². The van der Waals surface area contributed by atoms with Gasteiger partial charge in [-0.25, -0.2) is 0 Å². The molecule has 2 aromatic carbocycles. The summed E-state index contributed by atoms with van der Waals surface area (Å²) >= 11 is 6.19. The molecule has 3 rings (SSSR count). The maximum absolute atomic E-state index is 6.19. The Hall–Kier alpha value is -0.953. The van der Waals surface area contributed by atoms with E-state index >= 15 is 0 Å². The smallest absolute Gasteiger partial charge is 0.521 e. The first-order valence-electron chi connectivity index (χ1n) is 6.35. The van der Waals surface area contributed by atoms with E-state index in [0.29, 0.717) is 24.0 Å². The second-order valence-corrected chi connectivity index (χ2v) is 4.86. The molecule has 0 spiro atoms. The van der Waals surface area contributed by atoms with E-state index < -0.39 is 5.79 Å². The molecule has 0 atom stereocenters. The number of benzene rings is 2. The number of hydrogen-bond acceptors (Lipinski definition) is 3. The van der Waals surface area contributed by atoms with Crippen molar-refractivity contribution in [2.45, 2.75) is 5.79 Å². The molecule has 1 aliphatic rings. The van der Waals surface area contributed by atoms with Crippen LogP contribution >= 0.6 is 11.6 Å². The summed E-state index contributed by atoms with van der Waals surface area (Å²) in [5.74, 6) is -0.398. The summed E-state index contributed by atoms with van der Waals surface area (Å²) < 4.78 is 16.9. The van der Waals surface area contributed by atoms with Crippen LogP contribution in [0, 0.1) is 6.07 Å². The molecule has 0 saturated carbocycles. The quantitative estimate of drug-likeness (QED) is 0.606. The fourth-order valence-electron chi connectivity index (χ4n) is 2.37. The minimum atomic E-state index is -0.909. The van der Waals surface area contributed by atoms with Crippen molar-refractivity contribution >= 4 is 11.6 Å². The van der Waals surface area contributed by atoms with Gasteiger partial charge in [-0.05, 0) is 5.02 Å². The van der Waals surface area contributed by atoms with E-state index in [1.165, 1.54) is 0 Å². The molecule has 1 heterocycles. The van der Waals surface area contributed by atoms with Crippen LogP contribution in [0.4, 0.5) is 0 Å². The average Bonchev–Trinajstić information content (AvgIpc) is 2.99. The summed E-state index contributed by atoms with van der Waals surface area (Å²) in [4.78, 5) is 0. The molecule has 104 valence electrons. The number of rotatable bonds is 3. The zero-order valence-corrected chi connectivity index (χ0v) is 12.8. The Kier molecular flexibility index (Phi) is 5.37. The minimum absolute atomic E-state index is 0. The van der Waals surface area contributed by atoms with Crippen molar-refractivity contribution in [2.24, 2.45) is 0 Å². The number of hydrogen-bond donors (Lipinski definition) is 0. The molecule has 0 radical (unpaired) electrons. The third kappa shape index (κ3) is 2.99. The van der Waals surface area contributed by atoms with Gasteiger partial charge in [0.05, 0.1) is 20.3 Å². The van der Waals surface area contributed by atoms with Crippen molar-refractivity contribution in [3.63, 3.8) is 0 Å². The molecule has 2 aromatic rings. The van der Waals surface area contributed by atoms with E-state index in [9.17, 15) is 0 Å². The maximum Gasteiger partial charge on any atom is 1.00 e. The van der Waals surface area contributed by atoms with Gasteiger partial charge in [-0.1, -0.05) is 35.9 Å². The van der Waals surface area contributed by atoms with Gasteiger partial charge in [-0.15, -0.1) is 12.1 Å². The van der Waals surface area contributed by atoms with Crippen LogP contribution in [0.1, 0.15) is 11.1 Å². The van der Waals surface area contributed by atoms with Crippen molar-refractivity contribution in [3.8, 4) is 5.75 Å². The normalized spacial score (nSPS) is 16.3. The second-order valence-electron chi connectivity index (χ2n) is 4.45. The fourth-order valence-corrected chi connectivity index (χ4v) is 2.62. The molecule has 21 heavy (non-hydrogen) atoms. The molecule has 0 amide bonds. The van der Waals surface area contributed by atoms with Gasteiger partial charge in [0.25, 0.3) is 0 Å². The van der Waals surface area contributed by atoms with E-state index in [1.807, 2.05) is 30.3 Å². The van der Waals surface area contributed by atoms with Crippen molar-refractivity contribution in [1.29, 1.82) is 0 Å². The number of methoxy groups -OCH3 is 1. The molecule has 1 saturated heterocycles. The van der Waals surface area contributed by atoms with Gasteiger partial charge in [0.15, 0.2) is 5.79 Å². The molecule has 0 N–H and O–H groups in total. The molecule has 1 aliphatic heterocycles. The van der Waals surface area contributed by atoms with Gasteiger partial charge in [-0.2, -0.15) is 17.7 Å². The largest absolute Gasteiger partial charge is 1.00 e. The van der Waals surface area contributed by atoms with Crippen LogP contribution in [0.15, 0.2) is 42.5 Å². The summed E-state index contributed by atoms with van der Waals surface area (Å²) in [6, 6.07) is 16.4. The molecule has 0 aliphatic carbocycles.